The Morgan fingerprint density at radius 1 is 1.14 bits per heavy atom. The molecule has 1 aliphatic rings. The molecule has 28 heavy (non-hydrogen) atoms. The number of ketones is 1. The quantitative estimate of drug-likeness (QED) is 0.547. The average molecular weight is 453 g/mol. The van der Waals surface area contributed by atoms with Gasteiger partial charge in [0.1, 0.15) is 11.6 Å². The number of ether oxygens (including phenoxy) is 1. The summed E-state index contributed by atoms with van der Waals surface area (Å²) < 4.78 is 28.9. The number of rotatable bonds is 6. The van der Waals surface area contributed by atoms with E-state index >= 15 is 0 Å². The zero-order valence-electron chi connectivity index (χ0n) is 15.6. The highest BCUT2D eigenvalue weighted by atomic mass is 79.9. The number of amidine groups is 1. The normalized spacial score (nSPS) is 13.5. The van der Waals surface area contributed by atoms with Crippen LogP contribution in [0.1, 0.15) is 35.2 Å². The summed E-state index contributed by atoms with van der Waals surface area (Å²) in [6.45, 7) is 0.0455. The molecule has 150 valence electrons. The van der Waals surface area contributed by atoms with Crippen LogP contribution < -0.4 is 9.64 Å². The number of aliphatic imine (C=N–C) groups is 1. The summed E-state index contributed by atoms with van der Waals surface area (Å²) in [7, 11) is 0. The number of halogens is 3. The number of carbonyl (C=O) groups excluding carboxylic acids is 1. The number of alkyl halides is 2. The Hall–Kier alpha value is -2.28. The average Bonchev–Trinajstić information content (AvgIpc) is 2.67. The lowest BCUT2D eigenvalue weighted by atomic mass is 10.1. The number of hydrogen-bond acceptors (Lipinski definition) is 4. The Balaban J connectivity index is 0.00000280. The van der Waals surface area contributed by atoms with Crippen LogP contribution in [0.25, 0.3) is 0 Å². The Morgan fingerprint density at radius 2 is 1.86 bits per heavy atom. The highest BCUT2D eigenvalue weighted by molar-refractivity contribution is 8.93. The fourth-order valence-corrected chi connectivity index (χ4v) is 3.14. The van der Waals surface area contributed by atoms with Gasteiger partial charge in [0.25, 0.3) is 0 Å². The van der Waals surface area contributed by atoms with E-state index in [4.69, 9.17) is 0 Å². The van der Waals surface area contributed by atoms with Gasteiger partial charge in [-0.15, -0.1) is 17.0 Å². The van der Waals surface area contributed by atoms with Crippen LogP contribution in [-0.2, 0) is 0 Å². The van der Waals surface area contributed by atoms with Crippen LogP contribution in [0.3, 0.4) is 0 Å². The van der Waals surface area contributed by atoms with E-state index in [1.54, 1.807) is 0 Å². The van der Waals surface area contributed by atoms with Crippen LogP contribution in [0.15, 0.2) is 53.5 Å². The van der Waals surface area contributed by atoms with Gasteiger partial charge in [-0.3, -0.25) is 9.79 Å². The first-order valence-corrected chi connectivity index (χ1v) is 8.99. The topological polar surface area (TPSA) is 41.9 Å². The smallest absolute Gasteiger partial charge is 0.387 e. The SMILES string of the molecule is Br.Cc1ccccc1N(CC(=O)c1ccc(OC(F)F)cc1)C1=NCCCC1. The van der Waals surface area contributed by atoms with Gasteiger partial charge in [-0.1, -0.05) is 18.2 Å². The highest BCUT2D eigenvalue weighted by Crippen LogP contribution is 2.24. The van der Waals surface area contributed by atoms with Gasteiger partial charge in [0, 0.05) is 24.2 Å². The van der Waals surface area contributed by atoms with Gasteiger partial charge in [-0.25, -0.2) is 0 Å². The largest absolute Gasteiger partial charge is 0.435 e. The number of anilines is 1. The summed E-state index contributed by atoms with van der Waals surface area (Å²) in [5.41, 5.74) is 2.48. The molecule has 1 heterocycles. The van der Waals surface area contributed by atoms with E-state index < -0.39 is 6.61 Å². The van der Waals surface area contributed by atoms with Crippen molar-refractivity contribution in [3.8, 4) is 5.75 Å². The summed E-state index contributed by atoms with van der Waals surface area (Å²) in [5, 5.41) is 0. The summed E-state index contributed by atoms with van der Waals surface area (Å²) in [4.78, 5) is 19.4. The molecule has 0 saturated heterocycles. The van der Waals surface area contributed by atoms with E-state index in [0.29, 0.717) is 5.56 Å². The highest BCUT2D eigenvalue weighted by Gasteiger charge is 2.21. The maximum absolute atomic E-state index is 12.8. The third kappa shape index (κ3) is 5.61. The van der Waals surface area contributed by atoms with Crippen LogP contribution in [0, 0.1) is 6.92 Å². The molecule has 2 aromatic rings. The van der Waals surface area contributed by atoms with Gasteiger partial charge in [0.15, 0.2) is 5.78 Å². The number of Topliss-reactive ketones (excluding diaryl/α,β-unsaturated/α-hetero) is 1. The minimum Gasteiger partial charge on any atom is -0.435 e. The first kappa shape index (κ1) is 22.0. The van der Waals surface area contributed by atoms with Gasteiger partial charge in [0.2, 0.25) is 0 Å². The fraction of sp³-hybridized carbons (Fsp3) is 0.333. The van der Waals surface area contributed by atoms with E-state index in [1.807, 2.05) is 36.1 Å². The lowest BCUT2D eigenvalue weighted by molar-refractivity contribution is -0.0498. The van der Waals surface area contributed by atoms with E-state index in [1.165, 1.54) is 24.3 Å². The Bertz CT molecular complexity index is 825. The Kier molecular flexibility index (Phi) is 8.11. The van der Waals surface area contributed by atoms with E-state index in [9.17, 15) is 13.6 Å². The molecule has 0 aromatic heterocycles. The second-order valence-corrected chi connectivity index (χ2v) is 6.45. The second-order valence-electron chi connectivity index (χ2n) is 6.45. The van der Waals surface area contributed by atoms with Crippen molar-refractivity contribution < 1.29 is 18.3 Å². The van der Waals surface area contributed by atoms with Crippen molar-refractivity contribution >= 4 is 34.3 Å². The maximum atomic E-state index is 12.8. The zero-order valence-corrected chi connectivity index (χ0v) is 17.3. The third-order valence-electron chi connectivity index (χ3n) is 4.52. The van der Waals surface area contributed by atoms with Gasteiger partial charge in [-0.2, -0.15) is 8.78 Å². The fourth-order valence-electron chi connectivity index (χ4n) is 3.14. The minimum absolute atomic E-state index is 0. The van der Waals surface area contributed by atoms with Crippen LogP contribution in [0.4, 0.5) is 14.5 Å². The molecule has 0 fully saturated rings. The predicted molar refractivity (Wildman–Crippen MR) is 112 cm³/mol. The van der Waals surface area contributed by atoms with Crippen LogP contribution in [-0.4, -0.2) is 31.3 Å². The molecule has 2 aromatic carbocycles. The minimum atomic E-state index is -2.88. The van der Waals surface area contributed by atoms with Crippen molar-refractivity contribution in [3.05, 3.63) is 59.7 Å². The summed E-state index contributed by atoms with van der Waals surface area (Å²) in [6, 6.07) is 13.7. The third-order valence-corrected chi connectivity index (χ3v) is 4.52. The van der Waals surface area contributed by atoms with Crippen molar-refractivity contribution in [3.63, 3.8) is 0 Å². The van der Waals surface area contributed by atoms with Crippen LogP contribution >= 0.6 is 17.0 Å². The van der Waals surface area contributed by atoms with Crippen LogP contribution in [0.5, 0.6) is 5.75 Å². The van der Waals surface area contributed by atoms with Crippen molar-refractivity contribution in [2.45, 2.75) is 32.8 Å². The first-order chi connectivity index (χ1) is 13.0. The van der Waals surface area contributed by atoms with Crippen molar-refractivity contribution in [1.29, 1.82) is 0 Å². The molecule has 0 N–H and O–H groups in total. The number of benzene rings is 2. The van der Waals surface area contributed by atoms with Gasteiger partial charge < -0.3 is 9.64 Å². The maximum Gasteiger partial charge on any atom is 0.387 e. The molecule has 0 spiro atoms. The molecule has 1 aliphatic heterocycles. The lowest BCUT2D eigenvalue weighted by Crippen LogP contribution is -2.37. The molecule has 0 saturated carbocycles. The zero-order chi connectivity index (χ0) is 19.2. The number of aryl methyl sites for hydroxylation is 1. The van der Waals surface area contributed by atoms with Gasteiger partial charge >= 0.3 is 6.61 Å². The lowest BCUT2D eigenvalue weighted by Gasteiger charge is -2.29. The number of hydrogen-bond donors (Lipinski definition) is 0. The molecule has 0 bridgehead atoms. The van der Waals surface area contributed by atoms with E-state index in [2.05, 4.69) is 9.73 Å². The molecule has 7 heteroatoms. The van der Waals surface area contributed by atoms with Crippen molar-refractivity contribution in [1.82, 2.24) is 0 Å². The second kappa shape index (κ2) is 10.3. The molecular formula is C21H23BrF2N2O2. The molecule has 0 amide bonds. The van der Waals surface area contributed by atoms with E-state index in [-0.39, 0.29) is 35.1 Å². The summed E-state index contributed by atoms with van der Waals surface area (Å²) in [5.74, 6) is 0.852. The molecule has 0 atom stereocenters. The predicted octanol–water partition coefficient (Wildman–Crippen LogP) is 5.45. The molecule has 3 rings (SSSR count). The molecule has 4 nitrogen and oxygen atoms in total. The van der Waals surface area contributed by atoms with Crippen LogP contribution in [0.2, 0.25) is 0 Å². The number of para-hydroxylation sites is 1. The molecule has 0 unspecified atom stereocenters. The van der Waals surface area contributed by atoms with Gasteiger partial charge in [-0.05, 0) is 55.7 Å². The number of nitrogens with zero attached hydrogens (tertiary/aromatic N) is 2. The van der Waals surface area contributed by atoms with Gasteiger partial charge in [0.05, 0.1) is 6.54 Å². The van der Waals surface area contributed by atoms with Crippen molar-refractivity contribution in [2.75, 3.05) is 18.0 Å². The number of carbonyl (C=O) groups is 1. The standard InChI is InChI=1S/C21H22F2N2O2.BrH/c1-15-6-2-3-7-18(15)25(20-8-4-5-13-24-20)14-19(26)16-9-11-17(12-10-16)27-21(22)23;/h2-3,6-7,9-12,21H,4-5,8,13-14H2,1H3;1H. The molecule has 0 radical (unpaired) electrons. The Labute approximate surface area is 174 Å². The van der Waals surface area contributed by atoms with E-state index in [0.717, 1.165) is 42.9 Å². The summed E-state index contributed by atoms with van der Waals surface area (Å²) >= 11 is 0. The molecular weight excluding hydrogens is 430 g/mol. The first-order valence-electron chi connectivity index (χ1n) is 8.99. The Morgan fingerprint density at radius 3 is 2.46 bits per heavy atom. The monoisotopic (exact) mass is 452 g/mol. The molecule has 0 aliphatic carbocycles. The van der Waals surface area contributed by atoms with Crippen molar-refractivity contribution in [2.24, 2.45) is 4.99 Å². The summed E-state index contributed by atoms with van der Waals surface area (Å²) in [6.07, 6.45) is 2.95.